The maximum Gasteiger partial charge on any atom is 0.416 e. The van der Waals surface area contributed by atoms with E-state index in [1.54, 1.807) is 19.1 Å². The van der Waals surface area contributed by atoms with Crippen molar-refractivity contribution in [3.05, 3.63) is 64.2 Å². The number of nitro benzene ring substituents is 1. The number of nitro groups is 1. The van der Waals surface area contributed by atoms with E-state index in [0.29, 0.717) is 31.9 Å². The van der Waals surface area contributed by atoms with Crippen LogP contribution in [0.25, 0.3) is 0 Å². The number of halogens is 3. The number of non-ortho nitro benzene ring substituents is 1. The number of amides is 1. The number of piperazine rings is 1. The molecular weight excluding hydrogens is 401 g/mol. The van der Waals surface area contributed by atoms with E-state index >= 15 is 0 Å². The van der Waals surface area contributed by atoms with E-state index in [1.165, 1.54) is 24.3 Å². The molecule has 0 bridgehead atoms. The predicted octanol–water partition coefficient (Wildman–Crippen LogP) is 3.76. The van der Waals surface area contributed by atoms with Gasteiger partial charge in [0.1, 0.15) is 0 Å². The van der Waals surface area contributed by atoms with Gasteiger partial charge in [0.25, 0.3) is 5.69 Å². The molecule has 7 nitrogen and oxygen atoms in total. The van der Waals surface area contributed by atoms with Gasteiger partial charge in [0, 0.05) is 49.7 Å². The van der Waals surface area contributed by atoms with Crippen LogP contribution in [0, 0.1) is 10.1 Å². The maximum absolute atomic E-state index is 12.6. The first kappa shape index (κ1) is 21.6. The number of hydrogen-bond donors (Lipinski definition) is 1. The fraction of sp³-hybridized carbons (Fsp3) is 0.350. The van der Waals surface area contributed by atoms with Crippen LogP contribution in [0.15, 0.2) is 48.5 Å². The number of anilines is 2. The Balaban J connectivity index is 1.53. The van der Waals surface area contributed by atoms with Crippen LogP contribution in [0.5, 0.6) is 0 Å². The van der Waals surface area contributed by atoms with Crippen LogP contribution in [-0.2, 0) is 11.0 Å². The SMILES string of the molecule is C[C@@H](C(=O)Nc1ccc(C(F)(F)F)cc1)N1CCN(c2ccc([N+](=O)[O-])cc2)CC1. The second-order valence-electron chi connectivity index (χ2n) is 7.04. The fourth-order valence-corrected chi connectivity index (χ4v) is 3.31. The van der Waals surface area contributed by atoms with Gasteiger partial charge < -0.3 is 10.2 Å². The van der Waals surface area contributed by atoms with Gasteiger partial charge in [-0.1, -0.05) is 0 Å². The van der Waals surface area contributed by atoms with E-state index in [4.69, 9.17) is 0 Å². The Labute approximate surface area is 171 Å². The lowest BCUT2D eigenvalue weighted by Gasteiger charge is -2.38. The number of carbonyl (C=O) groups excluding carboxylic acids is 1. The average molecular weight is 422 g/mol. The summed E-state index contributed by atoms with van der Waals surface area (Å²) < 4.78 is 37.9. The van der Waals surface area contributed by atoms with Crippen molar-refractivity contribution in [3.63, 3.8) is 0 Å². The summed E-state index contributed by atoms with van der Waals surface area (Å²) in [5.41, 5.74) is 0.452. The molecular formula is C20H21F3N4O3. The molecule has 0 aromatic heterocycles. The summed E-state index contributed by atoms with van der Waals surface area (Å²) in [5.74, 6) is -0.293. The second kappa shape index (κ2) is 8.70. The zero-order valence-corrected chi connectivity index (χ0v) is 16.2. The van der Waals surface area contributed by atoms with Gasteiger partial charge in [0.2, 0.25) is 5.91 Å². The predicted molar refractivity (Wildman–Crippen MR) is 106 cm³/mol. The first-order valence-corrected chi connectivity index (χ1v) is 9.37. The maximum atomic E-state index is 12.6. The molecule has 1 heterocycles. The molecule has 1 saturated heterocycles. The van der Waals surface area contributed by atoms with Crippen molar-refractivity contribution in [1.29, 1.82) is 0 Å². The van der Waals surface area contributed by atoms with E-state index in [-0.39, 0.29) is 11.6 Å². The second-order valence-corrected chi connectivity index (χ2v) is 7.04. The van der Waals surface area contributed by atoms with Crippen LogP contribution < -0.4 is 10.2 Å². The highest BCUT2D eigenvalue weighted by molar-refractivity contribution is 5.94. The Morgan fingerprint density at radius 1 is 1.03 bits per heavy atom. The lowest BCUT2D eigenvalue weighted by Crippen LogP contribution is -2.52. The molecule has 0 saturated carbocycles. The summed E-state index contributed by atoms with van der Waals surface area (Å²) in [7, 11) is 0. The molecule has 30 heavy (non-hydrogen) atoms. The van der Waals surface area contributed by atoms with Crippen molar-refractivity contribution in [2.45, 2.75) is 19.1 Å². The number of carbonyl (C=O) groups is 1. The molecule has 0 unspecified atom stereocenters. The van der Waals surface area contributed by atoms with Gasteiger partial charge in [-0.15, -0.1) is 0 Å². The highest BCUT2D eigenvalue weighted by Crippen LogP contribution is 2.30. The van der Waals surface area contributed by atoms with Gasteiger partial charge in [0.05, 0.1) is 16.5 Å². The summed E-state index contributed by atoms with van der Waals surface area (Å²) in [5, 5.41) is 13.4. The third-order valence-electron chi connectivity index (χ3n) is 5.15. The summed E-state index contributed by atoms with van der Waals surface area (Å²) in [6.45, 7) is 4.27. The lowest BCUT2D eigenvalue weighted by atomic mass is 10.1. The Morgan fingerprint density at radius 3 is 2.10 bits per heavy atom. The summed E-state index contributed by atoms with van der Waals surface area (Å²) in [6, 6.07) is 10.2. The number of hydrogen-bond acceptors (Lipinski definition) is 5. The molecule has 10 heteroatoms. The Morgan fingerprint density at radius 2 is 1.60 bits per heavy atom. The Bertz CT molecular complexity index is 893. The summed E-state index contributed by atoms with van der Waals surface area (Å²) in [4.78, 5) is 26.9. The minimum Gasteiger partial charge on any atom is -0.369 e. The standard InChI is InChI=1S/C20H21F3N4O3/c1-14(19(28)24-16-4-2-15(3-5-16)20(21,22)23)25-10-12-26(13-11-25)17-6-8-18(9-7-17)27(29)30/h2-9,14H,10-13H2,1H3,(H,24,28)/t14-/m0/s1. The number of nitrogens with zero attached hydrogens (tertiary/aromatic N) is 3. The molecule has 1 aliphatic heterocycles. The Hall–Kier alpha value is -3.14. The average Bonchev–Trinajstić information content (AvgIpc) is 2.73. The van der Waals surface area contributed by atoms with E-state index in [2.05, 4.69) is 10.2 Å². The molecule has 2 aromatic rings. The highest BCUT2D eigenvalue weighted by atomic mass is 19.4. The van der Waals surface area contributed by atoms with Crippen LogP contribution >= 0.6 is 0 Å². The first-order valence-electron chi connectivity index (χ1n) is 9.37. The highest BCUT2D eigenvalue weighted by Gasteiger charge is 2.30. The first-order chi connectivity index (χ1) is 14.1. The monoisotopic (exact) mass is 422 g/mol. The van der Waals surface area contributed by atoms with Crippen LogP contribution in [0.2, 0.25) is 0 Å². The van der Waals surface area contributed by atoms with E-state index < -0.39 is 22.7 Å². The van der Waals surface area contributed by atoms with Gasteiger partial charge >= 0.3 is 6.18 Å². The molecule has 2 aromatic carbocycles. The molecule has 1 atom stereocenters. The number of nitrogens with one attached hydrogen (secondary N) is 1. The number of alkyl halides is 3. The lowest BCUT2D eigenvalue weighted by molar-refractivity contribution is -0.384. The quantitative estimate of drug-likeness (QED) is 0.586. The third-order valence-corrected chi connectivity index (χ3v) is 5.15. The van der Waals surface area contributed by atoms with Crippen molar-refractivity contribution in [2.75, 3.05) is 36.4 Å². The Kier molecular flexibility index (Phi) is 6.25. The smallest absolute Gasteiger partial charge is 0.369 e. The molecule has 0 spiro atoms. The van der Waals surface area contributed by atoms with E-state index in [1.807, 2.05) is 4.90 Å². The zero-order valence-electron chi connectivity index (χ0n) is 16.2. The number of benzene rings is 2. The molecule has 0 aliphatic carbocycles. The van der Waals surface area contributed by atoms with Gasteiger partial charge in [-0.3, -0.25) is 19.8 Å². The van der Waals surface area contributed by atoms with Crippen LogP contribution in [0.1, 0.15) is 12.5 Å². The minimum absolute atomic E-state index is 0.0333. The van der Waals surface area contributed by atoms with E-state index in [9.17, 15) is 28.1 Å². The van der Waals surface area contributed by atoms with Gasteiger partial charge in [-0.05, 0) is 43.3 Å². The molecule has 3 rings (SSSR count). The molecule has 1 amide bonds. The van der Waals surface area contributed by atoms with Crippen molar-refractivity contribution in [1.82, 2.24) is 4.90 Å². The normalized spacial score (nSPS) is 16.2. The largest absolute Gasteiger partial charge is 0.416 e. The van der Waals surface area contributed by atoms with Crippen molar-refractivity contribution >= 4 is 23.0 Å². The third kappa shape index (κ3) is 5.07. The topological polar surface area (TPSA) is 78.7 Å². The molecule has 1 fully saturated rings. The summed E-state index contributed by atoms with van der Waals surface area (Å²) in [6.07, 6.45) is -4.42. The van der Waals surface area contributed by atoms with Gasteiger partial charge in [-0.2, -0.15) is 13.2 Å². The van der Waals surface area contributed by atoms with Crippen molar-refractivity contribution in [3.8, 4) is 0 Å². The molecule has 1 N–H and O–H groups in total. The minimum atomic E-state index is -4.42. The molecule has 1 aliphatic rings. The fourth-order valence-electron chi connectivity index (χ4n) is 3.31. The van der Waals surface area contributed by atoms with E-state index in [0.717, 1.165) is 17.8 Å². The van der Waals surface area contributed by atoms with Crippen LogP contribution in [-0.4, -0.2) is 48.0 Å². The van der Waals surface area contributed by atoms with Crippen molar-refractivity contribution < 1.29 is 22.9 Å². The molecule has 160 valence electrons. The molecule has 0 radical (unpaired) electrons. The van der Waals surface area contributed by atoms with Crippen LogP contribution in [0.4, 0.5) is 30.2 Å². The van der Waals surface area contributed by atoms with Gasteiger partial charge in [0.15, 0.2) is 0 Å². The van der Waals surface area contributed by atoms with Crippen LogP contribution in [0.3, 0.4) is 0 Å². The van der Waals surface area contributed by atoms with Crippen molar-refractivity contribution in [2.24, 2.45) is 0 Å². The van der Waals surface area contributed by atoms with Gasteiger partial charge in [-0.25, -0.2) is 0 Å². The zero-order chi connectivity index (χ0) is 21.9. The summed E-state index contributed by atoms with van der Waals surface area (Å²) >= 11 is 0. The number of rotatable bonds is 5.